The fourth-order valence-corrected chi connectivity index (χ4v) is 4.14. The summed E-state index contributed by atoms with van der Waals surface area (Å²) in [6.07, 6.45) is 2.76. The highest BCUT2D eigenvalue weighted by molar-refractivity contribution is 7.88. The van der Waals surface area contributed by atoms with Crippen LogP contribution in [-0.2, 0) is 32.4 Å². The van der Waals surface area contributed by atoms with Crippen molar-refractivity contribution in [3.8, 4) is 0 Å². The molecule has 23 heavy (non-hydrogen) atoms. The summed E-state index contributed by atoms with van der Waals surface area (Å²) in [5.74, 6) is -0.247. The summed E-state index contributed by atoms with van der Waals surface area (Å²) in [5.41, 5.74) is 1.37. The Morgan fingerprint density at radius 2 is 1.91 bits per heavy atom. The number of hydrogen-bond donors (Lipinski definition) is 1. The molecule has 1 aromatic rings. The number of fused-ring (bicyclic) bond motifs is 1. The molecule has 1 aromatic carbocycles. The molecule has 2 aliphatic rings. The van der Waals surface area contributed by atoms with Crippen LogP contribution in [0.15, 0.2) is 24.3 Å². The van der Waals surface area contributed by atoms with Crippen LogP contribution in [0.1, 0.15) is 18.1 Å². The first-order valence-corrected chi connectivity index (χ1v) is 9.60. The van der Waals surface area contributed by atoms with Gasteiger partial charge in [-0.25, -0.2) is 8.42 Å². The van der Waals surface area contributed by atoms with Crippen molar-refractivity contribution in [3.63, 3.8) is 0 Å². The van der Waals surface area contributed by atoms with Crippen molar-refractivity contribution in [2.24, 2.45) is 0 Å². The average Bonchev–Trinajstić information content (AvgIpc) is 2.88. The standard InChI is InChI=1S/C16H22N2O4S/c1-16(11-18(7-8-22-16)23(2,20)21)15(19)17-14-9-12-5-3-4-6-13(12)10-14/h3-6,14H,7-11H2,1-2H3,(H,17,19)/t16-/m1/s1. The van der Waals surface area contributed by atoms with E-state index < -0.39 is 15.6 Å². The molecule has 1 saturated heterocycles. The molecule has 1 aliphatic heterocycles. The molecule has 1 N–H and O–H groups in total. The van der Waals surface area contributed by atoms with Gasteiger partial charge < -0.3 is 10.1 Å². The molecule has 1 heterocycles. The van der Waals surface area contributed by atoms with Gasteiger partial charge in [-0.2, -0.15) is 4.31 Å². The first-order valence-electron chi connectivity index (χ1n) is 7.75. The topological polar surface area (TPSA) is 75.7 Å². The van der Waals surface area contributed by atoms with Gasteiger partial charge in [-0.3, -0.25) is 4.79 Å². The van der Waals surface area contributed by atoms with Gasteiger partial charge in [0.05, 0.1) is 19.4 Å². The number of sulfonamides is 1. The van der Waals surface area contributed by atoms with Gasteiger partial charge in [0.25, 0.3) is 5.91 Å². The van der Waals surface area contributed by atoms with E-state index in [2.05, 4.69) is 17.4 Å². The lowest BCUT2D eigenvalue weighted by Gasteiger charge is -2.38. The van der Waals surface area contributed by atoms with Gasteiger partial charge >= 0.3 is 0 Å². The van der Waals surface area contributed by atoms with Crippen LogP contribution >= 0.6 is 0 Å². The smallest absolute Gasteiger partial charge is 0.253 e. The lowest BCUT2D eigenvalue weighted by Crippen LogP contribution is -2.60. The highest BCUT2D eigenvalue weighted by Crippen LogP contribution is 2.24. The minimum atomic E-state index is -3.33. The SMILES string of the molecule is C[C@]1(C(=O)NC2Cc3ccccc3C2)CN(S(C)(=O)=O)CCO1. The molecule has 1 fully saturated rings. The Labute approximate surface area is 136 Å². The van der Waals surface area contributed by atoms with E-state index >= 15 is 0 Å². The van der Waals surface area contributed by atoms with Crippen LogP contribution < -0.4 is 5.32 Å². The summed E-state index contributed by atoms with van der Waals surface area (Å²) in [6.45, 7) is 2.22. The van der Waals surface area contributed by atoms with Crippen LogP contribution in [0.2, 0.25) is 0 Å². The van der Waals surface area contributed by atoms with Crippen molar-refractivity contribution in [1.82, 2.24) is 9.62 Å². The van der Waals surface area contributed by atoms with Gasteiger partial charge in [-0.15, -0.1) is 0 Å². The number of rotatable bonds is 3. The maximum absolute atomic E-state index is 12.6. The van der Waals surface area contributed by atoms with Gasteiger partial charge in [-0.05, 0) is 30.9 Å². The van der Waals surface area contributed by atoms with E-state index in [9.17, 15) is 13.2 Å². The second-order valence-corrected chi connectivity index (χ2v) is 8.51. The minimum absolute atomic E-state index is 0.0361. The predicted octanol–water partition coefficient (Wildman–Crippen LogP) is 0.321. The zero-order valence-corrected chi connectivity index (χ0v) is 14.2. The zero-order valence-electron chi connectivity index (χ0n) is 13.4. The van der Waals surface area contributed by atoms with Crippen LogP contribution in [0.3, 0.4) is 0 Å². The maximum atomic E-state index is 12.6. The van der Waals surface area contributed by atoms with Crippen molar-refractivity contribution in [2.75, 3.05) is 26.0 Å². The second kappa shape index (κ2) is 5.89. The van der Waals surface area contributed by atoms with Crippen molar-refractivity contribution < 1.29 is 17.9 Å². The lowest BCUT2D eigenvalue weighted by atomic mass is 10.0. The Kier molecular flexibility index (Phi) is 4.20. The summed E-state index contributed by atoms with van der Waals surface area (Å²) in [4.78, 5) is 12.6. The Hall–Kier alpha value is -1.44. The monoisotopic (exact) mass is 338 g/mol. The van der Waals surface area contributed by atoms with Crippen molar-refractivity contribution in [3.05, 3.63) is 35.4 Å². The number of ether oxygens (including phenoxy) is 1. The fraction of sp³-hybridized carbons (Fsp3) is 0.562. The van der Waals surface area contributed by atoms with Crippen molar-refractivity contribution >= 4 is 15.9 Å². The average molecular weight is 338 g/mol. The maximum Gasteiger partial charge on any atom is 0.253 e. The largest absolute Gasteiger partial charge is 0.363 e. The number of carbonyl (C=O) groups is 1. The van der Waals surface area contributed by atoms with Crippen LogP contribution in [0.5, 0.6) is 0 Å². The van der Waals surface area contributed by atoms with Crippen LogP contribution in [0.4, 0.5) is 0 Å². The van der Waals surface area contributed by atoms with Gasteiger partial charge in [0.15, 0.2) is 5.60 Å². The third-order valence-electron chi connectivity index (χ3n) is 4.57. The van der Waals surface area contributed by atoms with E-state index in [4.69, 9.17) is 4.74 Å². The molecule has 0 radical (unpaired) electrons. The number of nitrogens with one attached hydrogen (secondary N) is 1. The van der Waals surface area contributed by atoms with Crippen LogP contribution in [-0.4, -0.2) is 56.2 Å². The first kappa shape index (κ1) is 16.4. The van der Waals surface area contributed by atoms with Gasteiger partial charge in [0.1, 0.15) is 0 Å². The molecule has 0 spiro atoms. The minimum Gasteiger partial charge on any atom is -0.363 e. The number of nitrogens with zero attached hydrogens (tertiary/aromatic N) is 1. The van der Waals surface area contributed by atoms with Gasteiger partial charge in [0.2, 0.25) is 10.0 Å². The molecule has 1 aliphatic carbocycles. The highest BCUT2D eigenvalue weighted by atomic mass is 32.2. The Morgan fingerprint density at radius 1 is 1.30 bits per heavy atom. The van der Waals surface area contributed by atoms with E-state index in [1.54, 1.807) is 6.92 Å². The number of carbonyl (C=O) groups excluding carboxylic acids is 1. The number of hydrogen-bond acceptors (Lipinski definition) is 4. The molecule has 1 atom stereocenters. The summed E-state index contributed by atoms with van der Waals surface area (Å²) in [7, 11) is -3.33. The Bertz CT molecular complexity index is 694. The molecular weight excluding hydrogens is 316 g/mol. The fourth-order valence-electron chi connectivity index (χ4n) is 3.25. The molecular formula is C16H22N2O4S. The second-order valence-electron chi connectivity index (χ2n) is 6.52. The van der Waals surface area contributed by atoms with E-state index in [1.807, 2.05) is 12.1 Å². The molecule has 126 valence electrons. The summed E-state index contributed by atoms with van der Waals surface area (Å²) in [5, 5.41) is 3.02. The quantitative estimate of drug-likeness (QED) is 0.861. The molecule has 0 saturated carbocycles. The predicted molar refractivity (Wildman–Crippen MR) is 86.6 cm³/mol. The molecule has 0 unspecified atom stereocenters. The lowest BCUT2D eigenvalue weighted by molar-refractivity contribution is -0.152. The Balaban J connectivity index is 1.66. The molecule has 7 heteroatoms. The van der Waals surface area contributed by atoms with Crippen LogP contribution in [0, 0.1) is 0 Å². The van der Waals surface area contributed by atoms with Gasteiger partial charge in [0, 0.05) is 12.6 Å². The highest BCUT2D eigenvalue weighted by Gasteiger charge is 2.42. The van der Waals surface area contributed by atoms with Crippen LogP contribution in [0.25, 0.3) is 0 Å². The number of amides is 1. The Morgan fingerprint density at radius 3 is 2.48 bits per heavy atom. The number of morpholine rings is 1. The van der Waals surface area contributed by atoms with E-state index in [0.29, 0.717) is 0 Å². The molecule has 6 nitrogen and oxygen atoms in total. The summed E-state index contributed by atoms with van der Waals surface area (Å²) >= 11 is 0. The molecule has 0 bridgehead atoms. The zero-order chi connectivity index (χ0) is 16.7. The van der Waals surface area contributed by atoms with E-state index in [1.165, 1.54) is 15.4 Å². The van der Waals surface area contributed by atoms with Crippen molar-refractivity contribution in [1.29, 1.82) is 0 Å². The summed E-state index contributed by atoms with van der Waals surface area (Å²) in [6, 6.07) is 8.18. The first-order chi connectivity index (χ1) is 10.8. The van der Waals surface area contributed by atoms with Gasteiger partial charge in [-0.1, -0.05) is 24.3 Å². The third kappa shape index (κ3) is 3.41. The number of benzene rings is 1. The summed E-state index contributed by atoms with van der Waals surface area (Å²) < 4.78 is 30.4. The molecule has 0 aromatic heterocycles. The third-order valence-corrected chi connectivity index (χ3v) is 5.82. The molecule has 1 amide bonds. The van der Waals surface area contributed by atoms with Crippen molar-refractivity contribution in [2.45, 2.75) is 31.4 Å². The van der Waals surface area contributed by atoms with E-state index in [-0.39, 0.29) is 31.6 Å². The normalized spacial score (nSPS) is 26.0. The van der Waals surface area contributed by atoms with E-state index in [0.717, 1.165) is 19.1 Å². The molecule has 3 rings (SSSR count).